The number of aromatic nitrogens is 1. The Kier molecular flexibility index (Phi) is 5.14. The van der Waals surface area contributed by atoms with E-state index in [9.17, 15) is 0 Å². The van der Waals surface area contributed by atoms with Crippen molar-refractivity contribution < 1.29 is 18.9 Å². The van der Waals surface area contributed by atoms with Gasteiger partial charge in [-0.25, -0.2) is 0 Å². The highest BCUT2D eigenvalue weighted by Crippen LogP contribution is 2.27. The minimum absolute atomic E-state index is 0.373. The molecule has 1 N–H and O–H groups in total. The van der Waals surface area contributed by atoms with Gasteiger partial charge in [-0.15, -0.1) is 0 Å². The molecule has 0 aliphatic carbocycles. The molecule has 0 radical (unpaired) electrons. The molecule has 5 nitrogen and oxygen atoms in total. The van der Waals surface area contributed by atoms with Gasteiger partial charge in [0.25, 0.3) is 0 Å². The van der Waals surface area contributed by atoms with Gasteiger partial charge in [0.2, 0.25) is 0 Å². The molecule has 1 aromatic carbocycles. The third kappa shape index (κ3) is 3.16. The molecule has 5 heteroatoms. The summed E-state index contributed by atoms with van der Waals surface area (Å²) in [5.74, 6) is 0. The minimum Gasteiger partial charge on any atom is -0.355 e. The number of H-pyrrole nitrogens is 1. The van der Waals surface area contributed by atoms with E-state index in [0.717, 1.165) is 27.7 Å². The monoisotopic (exact) mass is 291 g/mol. The summed E-state index contributed by atoms with van der Waals surface area (Å²) >= 11 is 0. The zero-order valence-electron chi connectivity index (χ0n) is 12.8. The number of hydrogen-bond donors (Lipinski definition) is 1. The van der Waals surface area contributed by atoms with Crippen LogP contribution in [0.1, 0.15) is 17.5 Å². The van der Waals surface area contributed by atoms with Crippen molar-refractivity contribution in [2.45, 2.75) is 12.6 Å². The molecule has 21 heavy (non-hydrogen) atoms. The van der Waals surface area contributed by atoms with Crippen LogP contribution in [-0.2, 0) is 18.9 Å². The summed E-state index contributed by atoms with van der Waals surface area (Å²) < 4.78 is 21.0. The fraction of sp³-hybridized carbons (Fsp3) is 0.375. The maximum atomic E-state index is 5.27. The molecule has 114 valence electrons. The maximum absolute atomic E-state index is 5.27. The fourth-order valence-corrected chi connectivity index (χ4v) is 2.35. The van der Waals surface area contributed by atoms with E-state index in [1.54, 1.807) is 28.4 Å². The van der Waals surface area contributed by atoms with Crippen LogP contribution in [0.2, 0.25) is 0 Å². The lowest BCUT2D eigenvalue weighted by Crippen LogP contribution is -2.14. The smallest absolute Gasteiger partial charge is 0.184 e. The lowest BCUT2D eigenvalue weighted by Gasteiger charge is -2.14. The van der Waals surface area contributed by atoms with Crippen LogP contribution < -0.4 is 0 Å². The molecule has 0 saturated carbocycles. The average Bonchev–Trinajstić information content (AvgIpc) is 2.93. The summed E-state index contributed by atoms with van der Waals surface area (Å²) in [5.41, 5.74) is 3.58. The van der Waals surface area contributed by atoms with Crippen molar-refractivity contribution in [3.63, 3.8) is 0 Å². The molecule has 1 heterocycles. The zero-order chi connectivity index (χ0) is 15.4. The van der Waals surface area contributed by atoms with Gasteiger partial charge in [-0.05, 0) is 18.2 Å². The van der Waals surface area contributed by atoms with Gasteiger partial charge in [0.1, 0.15) is 0 Å². The summed E-state index contributed by atoms with van der Waals surface area (Å²) in [5, 5.41) is 1.05. The van der Waals surface area contributed by atoms with Crippen LogP contribution in [0.15, 0.2) is 30.8 Å². The van der Waals surface area contributed by atoms with E-state index >= 15 is 0 Å². The number of hydrogen-bond acceptors (Lipinski definition) is 4. The standard InChI is InChI=1S/C16H21NO4/c1-10(15(18-2)19-3)14-9-12-8-11(16(20-4)21-5)6-7-13(12)17-14/h6-9,15-17H,1H2,2-5H3. The molecule has 1 aromatic heterocycles. The topological polar surface area (TPSA) is 52.7 Å². The third-order valence-electron chi connectivity index (χ3n) is 3.40. The molecule has 0 atom stereocenters. The van der Waals surface area contributed by atoms with E-state index in [2.05, 4.69) is 11.6 Å². The van der Waals surface area contributed by atoms with Crippen molar-refractivity contribution in [3.8, 4) is 0 Å². The molecule has 2 aromatic rings. The van der Waals surface area contributed by atoms with E-state index in [-0.39, 0.29) is 6.29 Å². The first-order chi connectivity index (χ1) is 10.1. The highest BCUT2D eigenvalue weighted by molar-refractivity contribution is 5.85. The number of aromatic amines is 1. The first-order valence-corrected chi connectivity index (χ1v) is 6.57. The summed E-state index contributed by atoms with van der Waals surface area (Å²) in [4.78, 5) is 3.31. The second kappa shape index (κ2) is 6.87. The number of benzene rings is 1. The minimum atomic E-state index is -0.469. The van der Waals surface area contributed by atoms with E-state index in [0.29, 0.717) is 0 Å². The van der Waals surface area contributed by atoms with Crippen LogP contribution in [0.25, 0.3) is 16.5 Å². The number of rotatable bonds is 7. The van der Waals surface area contributed by atoms with Gasteiger partial charge in [0.05, 0.1) is 0 Å². The van der Waals surface area contributed by atoms with Crippen LogP contribution in [-0.4, -0.2) is 39.7 Å². The second-order valence-electron chi connectivity index (χ2n) is 4.66. The van der Waals surface area contributed by atoms with Gasteiger partial charge in [-0.3, -0.25) is 0 Å². The quantitative estimate of drug-likeness (QED) is 0.796. The highest BCUT2D eigenvalue weighted by Gasteiger charge is 2.15. The SMILES string of the molecule is C=C(c1cc2cc(C(OC)OC)ccc2[nH]1)C(OC)OC. The third-order valence-corrected chi connectivity index (χ3v) is 3.40. The molecule has 0 aliphatic heterocycles. The molecule has 0 spiro atoms. The molecular formula is C16H21NO4. The fourth-order valence-electron chi connectivity index (χ4n) is 2.35. The Labute approximate surface area is 124 Å². The van der Waals surface area contributed by atoms with Crippen LogP contribution in [0.5, 0.6) is 0 Å². The molecule has 0 fully saturated rings. The molecule has 0 saturated heterocycles. The number of fused-ring (bicyclic) bond motifs is 1. The van der Waals surface area contributed by atoms with Gasteiger partial charge < -0.3 is 23.9 Å². The molecule has 2 rings (SSSR count). The first kappa shape index (κ1) is 15.7. The average molecular weight is 291 g/mol. The van der Waals surface area contributed by atoms with E-state index in [1.807, 2.05) is 24.3 Å². The van der Waals surface area contributed by atoms with Crippen molar-refractivity contribution in [2.24, 2.45) is 0 Å². The Morgan fingerprint density at radius 2 is 1.67 bits per heavy atom. The number of ether oxygens (including phenoxy) is 4. The number of methoxy groups -OCH3 is 4. The Balaban J connectivity index is 2.36. The summed E-state index contributed by atoms with van der Waals surface area (Å²) in [6, 6.07) is 7.98. The molecular weight excluding hydrogens is 270 g/mol. The summed E-state index contributed by atoms with van der Waals surface area (Å²) in [6.45, 7) is 4.02. The largest absolute Gasteiger partial charge is 0.355 e. The molecule has 0 aliphatic rings. The molecule has 0 bridgehead atoms. The lowest BCUT2D eigenvalue weighted by atomic mass is 10.1. The van der Waals surface area contributed by atoms with Gasteiger partial charge in [0, 0.05) is 56.2 Å². The van der Waals surface area contributed by atoms with Gasteiger partial charge >= 0.3 is 0 Å². The van der Waals surface area contributed by atoms with Gasteiger partial charge in [-0.2, -0.15) is 0 Å². The van der Waals surface area contributed by atoms with E-state index in [1.165, 1.54) is 0 Å². The normalized spacial score (nSPS) is 11.7. The number of nitrogens with one attached hydrogen (secondary N) is 1. The summed E-state index contributed by atoms with van der Waals surface area (Å²) in [6.07, 6.45) is -0.843. The zero-order valence-corrected chi connectivity index (χ0v) is 12.8. The first-order valence-electron chi connectivity index (χ1n) is 6.57. The van der Waals surface area contributed by atoms with Crippen molar-refractivity contribution in [2.75, 3.05) is 28.4 Å². The Bertz CT molecular complexity index is 612. The van der Waals surface area contributed by atoms with Crippen LogP contribution >= 0.6 is 0 Å². The van der Waals surface area contributed by atoms with Crippen molar-refractivity contribution >= 4 is 16.5 Å². The molecule has 0 unspecified atom stereocenters. The van der Waals surface area contributed by atoms with E-state index in [4.69, 9.17) is 18.9 Å². The maximum Gasteiger partial charge on any atom is 0.184 e. The molecule has 0 amide bonds. The van der Waals surface area contributed by atoms with Crippen LogP contribution in [0.4, 0.5) is 0 Å². The Hall–Kier alpha value is -1.66. The van der Waals surface area contributed by atoms with Crippen molar-refractivity contribution in [3.05, 3.63) is 42.1 Å². The van der Waals surface area contributed by atoms with Crippen molar-refractivity contribution in [1.82, 2.24) is 4.98 Å². The Morgan fingerprint density at radius 3 is 2.24 bits per heavy atom. The predicted octanol–water partition coefficient (Wildman–Crippen LogP) is 3.09. The second-order valence-corrected chi connectivity index (χ2v) is 4.66. The van der Waals surface area contributed by atoms with E-state index < -0.39 is 6.29 Å². The predicted molar refractivity (Wildman–Crippen MR) is 81.9 cm³/mol. The lowest BCUT2D eigenvalue weighted by molar-refractivity contribution is -0.105. The van der Waals surface area contributed by atoms with Crippen LogP contribution in [0, 0.1) is 0 Å². The highest BCUT2D eigenvalue weighted by atomic mass is 16.7. The summed E-state index contributed by atoms with van der Waals surface area (Å²) in [7, 11) is 6.40. The van der Waals surface area contributed by atoms with Crippen LogP contribution in [0.3, 0.4) is 0 Å². The van der Waals surface area contributed by atoms with Gasteiger partial charge in [-0.1, -0.05) is 12.6 Å². The van der Waals surface area contributed by atoms with Crippen molar-refractivity contribution in [1.29, 1.82) is 0 Å². The Morgan fingerprint density at radius 1 is 1.00 bits per heavy atom. The van der Waals surface area contributed by atoms with Gasteiger partial charge in [0.15, 0.2) is 12.6 Å².